The number of hydrogen-bond acceptors (Lipinski definition) is 4. The second-order valence-corrected chi connectivity index (χ2v) is 5.27. The molecule has 1 atom stereocenters. The van der Waals surface area contributed by atoms with Gasteiger partial charge in [-0.3, -0.25) is 0 Å². The molecule has 4 nitrogen and oxygen atoms in total. The number of aliphatic hydroxyl groups is 1. The van der Waals surface area contributed by atoms with Gasteiger partial charge in [0, 0.05) is 30.4 Å². The first kappa shape index (κ1) is 13.9. The molecule has 1 aromatic rings. The van der Waals surface area contributed by atoms with Gasteiger partial charge in [0.15, 0.2) is 0 Å². The Bertz CT molecular complexity index is 371. The highest BCUT2D eigenvalue weighted by molar-refractivity contribution is 5.38. The van der Waals surface area contributed by atoms with Crippen molar-refractivity contribution in [3.63, 3.8) is 0 Å². The zero-order valence-electron chi connectivity index (χ0n) is 11.3. The van der Waals surface area contributed by atoms with E-state index in [4.69, 9.17) is 0 Å². The van der Waals surface area contributed by atoms with Gasteiger partial charge >= 0.3 is 0 Å². The van der Waals surface area contributed by atoms with E-state index < -0.39 is 6.10 Å². The van der Waals surface area contributed by atoms with Crippen molar-refractivity contribution in [1.82, 2.24) is 10.3 Å². The van der Waals surface area contributed by atoms with Crippen LogP contribution in [0.3, 0.4) is 0 Å². The molecule has 0 fully saturated rings. The molecule has 0 amide bonds. The molecule has 0 spiro atoms. The second-order valence-electron chi connectivity index (χ2n) is 5.27. The molecule has 17 heavy (non-hydrogen) atoms. The van der Waals surface area contributed by atoms with Crippen LogP contribution in [0, 0.1) is 6.92 Å². The average molecular weight is 237 g/mol. The Morgan fingerprint density at radius 2 is 2.00 bits per heavy atom. The highest BCUT2D eigenvalue weighted by Crippen LogP contribution is 2.18. The minimum atomic E-state index is -0.521. The van der Waals surface area contributed by atoms with Crippen molar-refractivity contribution in [3.8, 4) is 0 Å². The predicted octanol–water partition coefficient (Wildman–Crippen LogP) is 1.85. The first-order valence-electron chi connectivity index (χ1n) is 5.92. The van der Waals surface area contributed by atoms with Gasteiger partial charge in [0.2, 0.25) is 0 Å². The van der Waals surface area contributed by atoms with Gasteiger partial charge in [-0.1, -0.05) is 6.07 Å². The molecule has 1 heterocycles. The molecule has 96 valence electrons. The number of aliphatic hydroxyl groups excluding tert-OH is 1. The molecule has 1 rings (SSSR count). The third-order valence-corrected chi connectivity index (χ3v) is 2.57. The van der Waals surface area contributed by atoms with Crippen LogP contribution in [0.5, 0.6) is 0 Å². The molecule has 0 aliphatic rings. The molecular weight excluding hydrogens is 214 g/mol. The fourth-order valence-electron chi connectivity index (χ4n) is 1.58. The van der Waals surface area contributed by atoms with Gasteiger partial charge in [0.05, 0.1) is 6.10 Å². The number of pyridine rings is 1. The number of hydrogen-bond donors (Lipinski definition) is 3. The molecular formula is C13H23N3O. The number of anilines is 1. The normalized spacial score (nSPS) is 13.5. The molecule has 0 aliphatic carbocycles. The van der Waals surface area contributed by atoms with Crippen LogP contribution in [-0.2, 0) is 0 Å². The maximum absolute atomic E-state index is 10.1. The summed E-state index contributed by atoms with van der Waals surface area (Å²) in [7, 11) is 1.83. The minimum absolute atomic E-state index is 0.00717. The molecule has 0 radical (unpaired) electrons. The number of rotatable bonds is 4. The van der Waals surface area contributed by atoms with Gasteiger partial charge in [0.1, 0.15) is 5.82 Å². The van der Waals surface area contributed by atoms with Crippen molar-refractivity contribution in [2.45, 2.75) is 39.3 Å². The van der Waals surface area contributed by atoms with E-state index in [-0.39, 0.29) is 5.54 Å². The second kappa shape index (κ2) is 5.47. The largest absolute Gasteiger partial charge is 0.387 e. The summed E-state index contributed by atoms with van der Waals surface area (Å²) < 4.78 is 0. The number of aromatic nitrogens is 1. The van der Waals surface area contributed by atoms with E-state index in [2.05, 4.69) is 36.4 Å². The van der Waals surface area contributed by atoms with E-state index in [0.717, 1.165) is 17.1 Å². The third kappa shape index (κ3) is 4.32. The summed E-state index contributed by atoms with van der Waals surface area (Å²) in [6.45, 7) is 8.68. The molecule has 3 N–H and O–H groups in total. The van der Waals surface area contributed by atoms with E-state index in [9.17, 15) is 5.11 Å². The first-order valence-corrected chi connectivity index (χ1v) is 5.92. The Morgan fingerprint density at radius 3 is 2.47 bits per heavy atom. The summed E-state index contributed by atoms with van der Waals surface area (Å²) in [4.78, 5) is 4.36. The summed E-state index contributed by atoms with van der Waals surface area (Å²) in [5.41, 5.74) is 1.74. The van der Waals surface area contributed by atoms with E-state index in [1.165, 1.54) is 0 Å². The van der Waals surface area contributed by atoms with Gasteiger partial charge in [-0.15, -0.1) is 0 Å². The Balaban J connectivity index is 2.72. The molecule has 0 saturated carbocycles. The lowest BCUT2D eigenvalue weighted by atomic mass is 10.1. The fraction of sp³-hybridized carbons (Fsp3) is 0.615. The maximum Gasteiger partial charge on any atom is 0.125 e. The zero-order chi connectivity index (χ0) is 13.1. The summed E-state index contributed by atoms with van der Waals surface area (Å²) in [6, 6.07) is 3.80. The highest BCUT2D eigenvalue weighted by atomic mass is 16.3. The van der Waals surface area contributed by atoms with Gasteiger partial charge in [-0.2, -0.15) is 0 Å². The Morgan fingerprint density at radius 1 is 1.35 bits per heavy atom. The standard InChI is InChI=1S/C13H23N3O/c1-9-10(6-7-12(14-5)16-9)11(17)8-15-13(2,3)4/h6-7,11,15,17H,8H2,1-5H3,(H,14,16)/t11-/m0/s1. The summed E-state index contributed by atoms with van der Waals surface area (Å²) in [5.74, 6) is 0.822. The van der Waals surface area contributed by atoms with Crippen LogP contribution < -0.4 is 10.6 Å². The Kier molecular flexibility index (Phi) is 4.48. The molecule has 0 aliphatic heterocycles. The zero-order valence-corrected chi connectivity index (χ0v) is 11.3. The van der Waals surface area contributed by atoms with Crippen LogP contribution >= 0.6 is 0 Å². The van der Waals surface area contributed by atoms with Crippen LogP contribution in [-0.4, -0.2) is 29.2 Å². The molecule has 0 bridgehead atoms. The summed E-state index contributed by atoms with van der Waals surface area (Å²) >= 11 is 0. The lowest BCUT2D eigenvalue weighted by molar-refractivity contribution is 0.162. The predicted molar refractivity (Wildman–Crippen MR) is 71.2 cm³/mol. The highest BCUT2D eigenvalue weighted by Gasteiger charge is 2.15. The quantitative estimate of drug-likeness (QED) is 0.748. The minimum Gasteiger partial charge on any atom is -0.387 e. The lowest BCUT2D eigenvalue weighted by Crippen LogP contribution is -2.38. The lowest BCUT2D eigenvalue weighted by Gasteiger charge is -2.23. The third-order valence-electron chi connectivity index (χ3n) is 2.57. The van der Waals surface area contributed by atoms with Gasteiger partial charge < -0.3 is 15.7 Å². The van der Waals surface area contributed by atoms with E-state index in [1.807, 2.05) is 26.1 Å². The number of β-amino-alcohol motifs (C(OH)–C–C–N with tert-alkyl or cyclic N) is 1. The van der Waals surface area contributed by atoms with Crippen molar-refractivity contribution < 1.29 is 5.11 Å². The summed E-state index contributed by atoms with van der Waals surface area (Å²) in [6.07, 6.45) is -0.521. The van der Waals surface area contributed by atoms with Gasteiger partial charge in [-0.25, -0.2) is 4.98 Å². The first-order chi connectivity index (χ1) is 7.83. The Labute approximate surface area is 103 Å². The van der Waals surface area contributed by atoms with E-state index in [1.54, 1.807) is 0 Å². The number of nitrogens with zero attached hydrogens (tertiary/aromatic N) is 1. The molecule has 4 heteroatoms. The van der Waals surface area contributed by atoms with Crippen molar-refractivity contribution in [1.29, 1.82) is 0 Å². The Hall–Kier alpha value is -1.13. The monoisotopic (exact) mass is 237 g/mol. The SMILES string of the molecule is CNc1ccc([C@@H](O)CNC(C)(C)C)c(C)n1. The van der Waals surface area contributed by atoms with Gasteiger partial charge in [0.25, 0.3) is 0 Å². The van der Waals surface area contributed by atoms with Crippen LogP contribution in [0.1, 0.15) is 38.1 Å². The molecule has 0 saturated heterocycles. The average Bonchev–Trinajstić information content (AvgIpc) is 2.24. The van der Waals surface area contributed by atoms with Crippen LogP contribution in [0.15, 0.2) is 12.1 Å². The molecule has 0 aromatic carbocycles. The van der Waals surface area contributed by atoms with Crippen LogP contribution in [0.2, 0.25) is 0 Å². The number of nitrogens with one attached hydrogen (secondary N) is 2. The molecule has 0 unspecified atom stereocenters. The topological polar surface area (TPSA) is 57.2 Å². The molecule has 1 aromatic heterocycles. The van der Waals surface area contributed by atoms with Gasteiger partial charge in [-0.05, 0) is 33.8 Å². The van der Waals surface area contributed by atoms with E-state index in [0.29, 0.717) is 6.54 Å². The summed E-state index contributed by atoms with van der Waals surface area (Å²) in [5, 5.41) is 16.4. The van der Waals surface area contributed by atoms with Crippen LogP contribution in [0.4, 0.5) is 5.82 Å². The smallest absolute Gasteiger partial charge is 0.125 e. The number of aryl methyl sites for hydroxylation is 1. The van der Waals surface area contributed by atoms with Crippen molar-refractivity contribution >= 4 is 5.82 Å². The fourth-order valence-corrected chi connectivity index (χ4v) is 1.58. The van der Waals surface area contributed by atoms with Crippen LogP contribution in [0.25, 0.3) is 0 Å². The van der Waals surface area contributed by atoms with Crippen molar-refractivity contribution in [2.75, 3.05) is 18.9 Å². The van der Waals surface area contributed by atoms with Crippen molar-refractivity contribution in [2.24, 2.45) is 0 Å². The maximum atomic E-state index is 10.1. The van der Waals surface area contributed by atoms with Crippen molar-refractivity contribution in [3.05, 3.63) is 23.4 Å². The van der Waals surface area contributed by atoms with E-state index >= 15 is 0 Å².